The van der Waals surface area contributed by atoms with E-state index in [0.29, 0.717) is 0 Å². The summed E-state index contributed by atoms with van der Waals surface area (Å²) in [6.45, 7) is 0. The lowest BCUT2D eigenvalue weighted by Gasteiger charge is -2.26. The summed E-state index contributed by atoms with van der Waals surface area (Å²) < 4.78 is 10.7. The van der Waals surface area contributed by atoms with E-state index in [9.17, 15) is 0 Å². The van der Waals surface area contributed by atoms with E-state index in [-0.39, 0.29) is 5.57 Å². The second kappa shape index (κ2) is 10.7. The zero-order chi connectivity index (χ0) is 24.6. The standard InChI is InChI=1S/C30H23N3O2/c1-34-29-15-11-27(12-16-29)33(28-13-17-30(35-2)18-14-28)26-9-7-25(8-10-26)24-5-3-22(4-6-24)19-23(20-31)21-32/h3-19H,1-2H3. The molecular weight excluding hydrogens is 434 g/mol. The molecule has 0 bridgehead atoms. The minimum atomic E-state index is 0.0826. The van der Waals surface area contributed by atoms with Gasteiger partial charge >= 0.3 is 0 Å². The molecule has 0 radical (unpaired) electrons. The van der Waals surface area contributed by atoms with Crippen molar-refractivity contribution in [1.82, 2.24) is 0 Å². The Balaban J connectivity index is 1.66. The van der Waals surface area contributed by atoms with Gasteiger partial charge in [0.25, 0.3) is 0 Å². The predicted octanol–water partition coefficient (Wildman–Crippen LogP) is 7.27. The van der Waals surface area contributed by atoms with Crippen molar-refractivity contribution in [1.29, 1.82) is 10.5 Å². The van der Waals surface area contributed by atoms with Gasteiger partial charge in [0.05, 0.1) is 14.2 Å². The smallest absolute Gasteiger partial charge is 0.130 e. The summed E-state index contributed by atoms with van der Waals surface area (Å²) in [4.78, 5) is 2.17. The number of methoxy groups -OCH3 is 2. The highest BCUT2D eigenvalue weighted by molar-refractivity contribution is 5.79. The highest BCUT2D eigenvalue weighted by Crippen LogP contribution is 2.37. The molecule has 5 nitrogen and oxygen atoms in total. The van der Waals surface area contributed by atoms with E-state index in [1.54, 1.807) is 20.3 Å². The number of hydrogen-bond acceptors (Lipinski definition) is 5. The van der Waals surface area contributed by atoms with E-state index in [2.05, 4.69) is 29.2 Å². The van der Waals surface area contributed by atoms with Crippen LogP contribution in [-0.4, -0.2) is 14.2 Å². The van der Waals surface area contributed by atoms with Gasteiger partial charge in [-0.15, -0.1) is 0 Å². The highest BCUT2D eigenvalue weighted by atomic mass is 16.5. The molecule has 0 aromatic heterocycles. The fourth-order valence-electron chi connectivity index (χ4n) is 3.74. The normalized spacial score (nSPS) is 9.94. The summed E-state index contributed by atoms with van der Waals surface area (Å²) in [7, 11) is 3.31. The third kappa shape index (κ3) is 5.33. The Bertz CT molecular complexity index is 1330. The molecule has 170 valence electrons. The summed E-state index contributed by atoms with van der Waals surface area (Å²) in [6.07, 6.45) is 1.58. The van der Waals surface area contributed by atoms with Crippen molar-refractivity contribution < 1.29 is 9.47 Å². The first kappa shape index (κ1) is 23.2. The molecule has 4 aromatic carbocycles. The Morgan fingerprint density at radius 2 is 0.971 bits per heavy atom. The summed E-state index contributed by atoms with van der Waals surface area (Å²) in [5.74, 6) is 1.60. The Kier molecular flexibility index (Phi) is 7.11. The Morgan fingerprint density at radius 3 is 1.34 bits per heavy atom. The molecule has 0 N–H and O–H groups in total. The van der Waals surface area contributed by atoms with Crippen molar-refractivity contribution in [2.45, 2.75) is 0 Å². The van der Waals surface area contributed by atoms with Crippen molar-refractivity contribution in [3.63, 3.8) is 0 Å². The number of rotatable bonds is 7. The Labute approximate surface area is 205 Å². The minimum absolute atomic E-state index is 0.0826. The van der Waals surface area contributed by atoms with Crippen molar-refractivity contribution >= 4 is 23.1 Å². The highest BCUT2D eigenvalue weighted by Gasteiger charge is 2.13. The fraction of sp³-hybridized carbons (Fsp3) is 0.0667. The van der Waals surface area contributed by atoms with Gasteiger partial charge < -0.3 is 14.4 Å². The van der Waals surface area contributed by atoms with Crippen LogP contribution in [0.5, 0.6) is 11.5 Å². The molecular formula is C30H23N3O2. The number of nitrogens with zero attached hydrogens (tertiary/aromatic N) is 3. The molecule has 5 heteroatoms. The maximum atomic E-state index is 8.95. The summed E-state index contributed by atoms with van der Waals surface area (Å²) >= 11 is 0. The molecule has 0 spiro atoms. The van der Waals surface area contributed by atoms with Crippen molar-refractivity contribution in [3.8, 4) is 34.8 Å². The molecule has 4 aromatic rings. The summed E-state index contributed by atoms with van der Waals surface area (Å²) in [5, 5.41) is 17.9. The monoisotopic (exact) mass is 457 g/mol. The first-order valence-corrected chi connectivity index (χ1v) is 11.0. The third-order valence-corrected chi connectivity index (χ3v) is 5.58. The second-order valence-corrected chi connectivity index (χ2v) is 7.68. The summed E-state index contributed by atoms with van der Waals surface area (Å²) in [6, 6.07) is 35.8. The van der Waals surface area contributed by atoms with E-state index in [0.717, 1.165) is 45.3 Å². The van der Waals surface area contributed by atoms with E-state index < -0.39 is 0 Å². The number of hydrogen-bond donors (Lipinski definition) is 0. The third-order valence-electron chi connectivity index (χ3n) is 5.58. The lowest BCUT2D eigenvalue weighted by molar-refractivity contribution is 0.415. The topological polar surface area (TPSA) is 69.3 Å². The van der Waals surface area contributed by atoms with Gasteiger partial charge in [0, 0.05) is 17.1 Å². The SMILES string of the molecule is COc1ccc(N(c2ccc(OC)cc2)c2ccc(-c3ccc(C=C(C#N)C#N)cc3)cc2)cc1. The number of anilines is 3. The molecule has 35 heavy (non-hydrogen) atoms. The van der Waals surface area contributed by atoms with Gasteiger partial charge in [-0.05, 0) is 83.4 Å². The van der Waals surface area contributed by atoms with Gasteiger partial charge in [-0.3, -0.25) is 0 Å². The number of ether oxygens (including phenoxy) is 2. The van der Waals surface area contributed by atoms with E-state index in [4.69, 9.17) is 20.0 Å². The molecule has 0 saturated carbocycles. The Hall–Kier alpha value is -5.00. The second-order valence-electron chi connectivity index (χ2n) is 7.68. The van der Waals surface area contributed by atoms with E-state index in [1.165, 1.54) is 0 Å². The molecule has 0 fully saturated rings. The molecule has 0 aliphatic carbocycles. The Morgan fingerprint density at radius 1 is 0.600 bits per heavy atom. The van der Waals surface area contributed by atoms with Crippen LogP contribution >= 0.6 is 0 Å². The van der Waals surface area contributed by atoms with Crippen molar-refractivity contribution in [2.75, 3.05) is 19.1 Å². The van der Waals surface area contributed by atoms with Crippen LogP contribution in [0.1, 0.15) is 5.56 Å². The van der Waals surface area contributed by atoms with Crippen LogP contribution in [0.3, 0.4) is 0 Å². The minimum Gasteiger partial charge on any atom is -0.497 e. The number of benzene rings is 4. The largest absolute Gasteiger partial charge is 0.497 e. The first-order chi connectivity index (χ1) is 17.1. The molecule has 0 unspecified atom stereocenters. The molecule has 0 amide bonds. The van der Waals surface area contributed by atoms with Crippen LogP contribution in [0, 0.1) is 22.7 Å². The summed E-state index contributed by atoms with van der Waals surface area (Å²) in [5.41, 5.74) is 6.03. The van der Waals surface area contributed by atoms with E-state index in [1.807, 2.05) is 84.9 Å². The van der Waals surface area contributed by atoms with Crippen LogP contribution in [0.4, 0.5) is 17.1 Å². The molecule has 0 aliphatic rings. The quantitative estimate of drug-likeness (QED) is 0.273. The van der Waals surface area contributed by atoms with Gasteiger partial charge in [-0.2, -0.15) is 10.5 Å². The maximum absolute atomic E-state index is 8.95. The van der Waals surface area contributed by atoms with E-state index >= 15 is 0 Å². The molecule has 0 heterocycles. The number of nitriles is 2. The van der Waals surface area contributed by atoms with Crippen molar-refractivity contribution in [3.05, 3.63) is 108 Å². The van der Waals surface area contributed by atoms with Crippen LogP contribution in [-0.2, 0) is 0 Å². The molecule has 0 aliphatic heterocycles. The first-order valence-electron chi connectivity index (χ1n) is 11.0. The predicted molar refractivity (Wildman–Crippen MR) is 139 cm³/mol. The zero-order valence-electron chi connectivity index (χ0n) is 19.5. The van der Waals surface area contributed by atoms with Gasteiger partial charge in [0.1, 0.15) is 29.2 Å². The fourth-order valence-corrected chi connectivity index (χ4v) is 3.74. The van der Waals surface area contributed by atoms with Gasteiger partial charge in [-0.25, -0.2) is 0 Å². The molecule has 0 saturated heterocycles. The van der Waals surface area contributed by atoms with Crippen molar-refractivity contribution in [2.24, 2.45) is 0 Å². The maximum Gasteiger partial charge on any atom is 0.130 e. The van der Waals surface area contributed by atoms with Crippen LogP contribution in [0.15, 0.2) is 103 Å². The molecule has 0 atom stereocenters. The van der Waals surface area contributed by atoms with Gasteiger partial charge in [-0.1, -0.05) is 36.4 Å². The average molecular weight is 458 g/mol. The van der Waals surface area contributed by atoms with Gasteiger partial charge in [0.2, 0.25) is 0 Å². The number of allylic oxidation sites excluding steroid dienone is 1. The van der Waals surface area contributed by atoms with Crippen LogP contribution < -0.4 is 14.4 Å². The van der Waals surface area contributed by atoms with Crippen LogP contribution in [0.25, 0.3) is 17.2 Å². The molecule has 4 rings (SSSR count). The van der Waals surface area contributed by atoms with Gasteiger partial charge in [0.15, 0.2) is 0 Å². The lowest BCUT2D eigenvalue weighted by atomic mass is 10.0. The average Bonchev–Trinajstić information content (AvgIpc) is 2.93. The van der Waals surface area contributed by atoms with Crippen LogP contribution in [0.2, 0.25) is 0 Å². The zero-order valence-corrected chi connectivity index (χ0v) is 19.5. The lowest BCUT2D eigenvalue weighted by Crippen LogP contribution is -2.09.